The normalized spacial score (nSPS) is 10.9. The zero-order chi connectivity index (χ0) is 16.3. The van der Waals surface area contributed by atoms with Crippen LogP contribution in [0, 0.1) is 10.1 Å². The summed E-state index contributed by atoms with van der Waals surface area (Å²) in [6.07, 6.45) is 1.31. The van der Waals surface area contributed by atoms with Crippen molar-refractivity contribution in [2.45, 2.75) is 0 Å². The predicted molar refractivity (Wildman–Crippen MR) is 87.7 cm³/mol. The minimum absolute atomic E-state index is 0.197. The minimum atomic E-state index is -0.669. The van der Waals surface area contributed by atoms with Crippen LogP contribution in [0.5, 0.6) is 11.5 Å². The molecule has 2 rings (SSSR count). The molecular weight excluding hydrogens is 376 g/mol. The van der Waals surface area contributed by atoms with Crippen LogP contribution < -0.4 is 4.74 Å². The average Bonchev–Trinajstić information content (AvgIpc) is 2.47. The van der Waals surface area contributed by atoms with Crippen LogP contribution in [-0.2, 0) is 0 Å². The van der Waals surface area contributed by atoms with E-state index in [0.29, 0.717) is 20.9 Å². The van der Waals surface area contributed by atoms with Crippen LogP contribution in [0.1, 0.15) is 5.56 Å². The second kappa shape index (κ2) is 6.76. The molecule has 0 aromatic heterocycles. The number of hydrogen-bond donors (Lipinski definition) is 1. The third kappa shape index (κ3) is 3.37. The van der Waals surface area contributed by atoms with Gasteiger partial charge in [-0.15, -0.1) is 0 Å². The van der Waals surface area contributed by atoms with Crippen LogP contribution in [0.2, 0.25) is 5.02 Å². The highest BCUT2D eigenvalue weighted by molar-refractivity contribution is 9.10. The molecule has 0 aliphatic rings. The molecule has 0 unspecified atom stereocenters. The van der Waals surface area contributed by atoms with Crippen molar-refractivity contribution in [2.75, 3.05) is 7.11 Å². The fraction of sp³-hybridized carbons (Fsp3) is 0.0714. The van der Waals surface area contributed by atoms with Crippen LogP contribution >= 0.6 is 27.5 Å². The summed E-state index contributed by atoms with van der Waals surface area (Å²) in [5.74, 6) is -0.0812. The third-order valence-electron chi connectivity index (χ3n) is 2.77. The van der Waals surface area contributed by atoms with Gasteiger partial charge in [-0.1, -0.05) is 33.6 Å². The van der Waals surface area contributed by atoms with Gasteiger partial charge in [-0.3, -0.25) is 15.1 Å². The largest absolute Gasteiger partial charge is 0.502 e. The van der Waals surface area contributed by atoms with E-state index in [2.05, 4.69) is 20.9 Å². The van der Waals surface area contributed by atoms with Crippen LogP contribution in [-0.4, -0.2) is 23.4 Å². The summed E-state index contributed by atoms with van der Waals surface area (Å²) in [5.41, 5.74) is 0.231. The summed E-state index contributed by atoms with van der Waals surface area (Å²) in [7, 11) is 1.46. The van der Waals surface area contributed by atoms with Gasteiger partial charge >= 0.3 is 5.69 Å². The first-order valence-electron chi connectivity index (χ1n) is 5.97. The highest BCUT2D eigenvalue weighted by atomic mass is 79.9. The number of halogens is 2. The lowest BCUT2D eigenvalue weighted by molar-refractivity contribution is -0.385. The van der Waals surface area contributed by atoms with Crippen molar-refractivity contribution < 1.29 is 14.8 Å². The molecule has 0 amide bonds. The molecule has 0 saturated carbocycles. The van der Waals surface area contributed by atoms with E-state index in [-0.39, 0.29) is 5.56 Å². The van der Waals surface area contributed by atoms with Crippen LogP contribution in [0.25, 0.3) is 0 Å². The molecule has 0 heterocycles. The van der Waals surface area contributed by atoms with Crippen molar-refractivity contribution in [3.05, 3.63) is 55.5 Å². The topological polar surface area (TPSA) is 85.0 Å². The van der Waals surface area contributed by atoms with Crippen LogP contribution in [0.3, 0.4) is 0 Å². The number of nitrogens with zero attached hydrogens (tertiary/aromatic N) is 2. The second-order valence-electron chi connectivity index (χ2n) is 4.17. The van der Waals surface area contributed by atoms with Gasteiger partial charge in [-0.05, 0) is 18.2 Å². The number of benzene rings is 2. The van der Waals surface area contributed by atoms with Gasteiger partial charge < -0.3 is 9.84 Å². The maximum atomic E-state index is 10.9. The van der Waals surface area contributed by atoms with Crippen molar-refractivity contribution in [1.82, 2.24) is 0 Å². The molecule has 0 aliphatic heterocycles. The molecule has 0 saturated heterocycles. The molecule has 2 aromatic rings. The van der Waals surface area contributed by atoms with Crippen molar-refractivity contribution in [1.29, 1.82) is 0 Å². The molecule has 0 spiro atoms. The molecule has 114 valence electrons. The van der Waals surface area contributed by atoms with Crippen molar-refractivity contribution >= 4 is 45.1 Å². The first-order chi connectivity index (χ1) is 10.4. The monoisotopic (exact) mass is 384 g/mol. The fourth-order valence-electron chi connectivity index (χ4n) is 1.78. The van der Waals surface area contributed by atoms with Gasteiger partial charge in [-0.25, -0.2) is 0 Å². The summed E-state index contributed by atoms with van der Waals surface area (Å²) in [6.45, 7) is 0. The Morgan fingerprint density at radius 2 is 2.18 bits per heavy atom. The molecule has 1 N–H and O–H groups in total. The van der Waals surface area contributed by atoms with E-state index in [0.717, 1.165) is 0 Å². The van der Waals surface area contributed by atoms with E-state index in [4.69, 9.17) is 16.3 Å². The molecule has 8 heteroatoms. The highest BCUT2D eigenvalue weighted by Gasteiger charge is 2.17. The SMILES string of the molecule is COc1c(Cl)cccc1/N=C/c1cc(Br)cc([N+](=O)[O-])c1O. The molecule has 0 atom stereocenters. The van der Waals surface area contributed by atoms with Gasteiger partial charge in [0, 0.05) is 22.3 Å². The summed E-state index contributed by atoms with van der Waals surface area (Å²) >= 11 is 9.15. The van der Waals surface area contributed by atoms with E-state index in [1.165, 1.54) is 25.5 Å². The number of rotatable bonds is 4. The number of hydrogen-bond acceptors (Lipinski definition) is 5. The first-order valence-corrected chi connectivity index (χ1v) is 7.14. The zero-order valence-corrected chi connectivity index (χ0v) is 13.6. The molecular formula is C14H10BrClN2O4. The second-order valence-corrected chi connectivity index (χ2v) is 5.49. The number of para-hydroxylation sites is 1. The molecule has 6 nitrogen and oxygen atoms in total. The van der Waals surface area contributed by atoms with Gasteiger partial charge in [0.2, 0.25) is 5.75 Å². The fourth-order valence-corrected chi connectivity index (χ4v) is 2.49. The molecule has 0 fully saturated rings. The van der Waals surface area contributed by atoms with Gasteiger partial charge in [0.15, 0.2) is 5.75 Å². The van der Waals surface area contributed by atoms with Gasteiger partial charge in [0.05, 0.1) is 17.1 Å². The molecule has 0 radical (unpaired) electrons. The Morgan fingerprint density at radius 1 is 1.45 bits per heavy atom. The van der Waals surface area contributed by atoms with E-state index in [9.17, 15) is 15.2 Å². The number of methoxy groups -OCH3 is 1. The van der Waals surface area contributed by atoms with Crippen LogP contribution in [0.4, 0.5) is 11.4 Å². The standard InChI is InChI=1S/C14H10BrClN2O4/c1-22-14-10(16)3-2-4-11(14)17-7-8-5-9(15)6-12(13(8)19)18(20)21/h2-7,19H,1H3/b17-7+. The smallest absolute Gasteiger partial charge is 0.312 e. The lowest BCUT2D eigenvalue weighted by Gasteiger charge is -2.06. The Labute approximate surface area is 139 Å². The highest BCUT2D eigenvalue weighted by Crippen LogP contribution is 2.36. The van der Waals surface area contributed by atoms with Crippen molar-refractivity contribution in [2.24, 2.45) is 4.99 Å². The summed E-state index contributed by atoms with van der Waals surface area (Å²) in [5, 5.41) is 21.2. The third-order valence-corrected chi connectivity index (χ3v) is 3.53. The van der Waals surface area contributed by atoms with Crippen molar-refractivity contribution in [3.63, 3.8) is 0 Å². The quantitative estimate of drug-likeness (QED) is 0.478. The number of phenolic OH excluding ortho intramolecular Hbond substituents is 1. The predicted octanol–water partition coefficient (Wildman–Crippen LogP) is 4.48. The molecule has 22 heavy (non-hydrogen) atoms. The van der Waals surface area contributed by atoms with Crippen molar-refractivity contribution in [3.8, 4) is 11.5 Å². The Hall–Kier alpha value is -2.12. The minimum Gasteiger partial charge on any atom is -0.502 e. The van der Waals surface area contributed by atoms with E-state index >= 15 is 0 Å². The van der Waals surface area contributed by atoms with Gasteiger partial charge in [-0.2, -0.15) is 0 Å². The van der Waals surface area contributed by atoms with E-state index < -0.39 is 16.4 Å². The Morgan fingerprint density at radius 3 is 2.82 bits per heavy atom. The lowest BCUT2D eigenvalue weighted by atomic mass is 10.2. The molecule has 0 bridgehead atoms. The van der Waals surface area contributed by atoms with Crippen LogP contribution in [0.15, 0.2) is 39.8 Å². The Balaban J connectivity index is 2.47. The number of aromatic hydroxyl groups is 1. The average molecular weight is 386 g/mol. The number of ether oxygens (including phenoxy) is 1. The molecule has 0 aliphatic carbocycles. The Bertz CT molecular complexity index is 765. The summed E-state index contributed by atoms with van der Waals surface area (Å²) in [4.78, 5) is 14.4. The van der Waals surface area contributed by atoms with Gasteiger partial charge in [0.25, 0.3) is 0 Å². The summed E-state index contributed by atoms with van der Waals surface area (Å²) < 4.78 is 5.61. The maximum Gasteiger partial charge on any atom is 0.312 e. The first kappa shape index (κ1) is 16.3. The molecule has 2 aromatic carbocycles. The lowest BCUT2D eigenvalue weighted by Crippen LogP contribution is -1.93. The number of nitro benzene ring substituents is 1. The zero-order valence-electron chi connectivity index (χ0n) is 11.3. The number of phenols is 1. The number of aliphatic imine (C=N–C) groups is 1. The van der Waals surface area contributed by atoms with E-state index in [1.807, 2.05) is 0 Å². The Kier molecular flexibility index (Phi) is 4.99. The number of nitro groups is 1. The maximum absolute atomic E-state index is 10.9. The van der Waals surface area contributed by atoms with E-state index in [1.54, 1.807) is 18.2 Å². The summed E-state index contributed by atoms with van der Waals surface area (Å²) in [6, 6.07) is 7.75. The van der Waals surface area contributed by atoms with Gasteiger partial charge in [0.1, 0.15) is 5.69 Å².